The van der Waals surface area contributed by atoms with Crippen LogP contribution in [-0.4, -0.2) is 30.3 Å². The molecule has 4 rings (SSSR count). The Kier molecular flexibility index (Phi) is 7.91. The number of ether oxygens (including phenoxy) is 2. The maximum atomic E-state index is 12.7. The van der Waals surface area contributed by atoms with Crippen molar-refractivity contribution < 1.29 is 19.1 Å². The van der Waals surface area contributed by atoms with E-state index in [1.54, 1.807) is 12.1 Å². The van der Waals surface area contributed by atoms with Crippen LogP contribution in [0.4, 0.5) is 10.5 Å². The number of carbonyl (C=O) groups excluding carboxylic acids is 2. The van der Waals surface area contributed by atoms with E-state index in [4.69, 9.17) is 15.2 Å². The molecule has 2 amide bonds. The summed E-state index contributed by atoms with van der Waals surface area (Å²) in [7, 11) is 0. The minimum Gasteiger partial charge on any atom is -0.444 e. The Hall–Kier alpha value is -3.42. The normalized spacial score (nSPS) is 21.5. The Balaban J connectivity index is 1.24. The van der Waals surface area contributed by atoms with E-state index in [0.29, 0.717) is 23.8 Å². The lowest BCUT2D eigenvalue weighted by Crippen LogP contribution is -2.34. The molecule has 7 nitrogen and oxygen atoms in total. The first-order valence-corrected chi connectivity index (χ1v) is 12.4. The summed E-state index contributed by atoms with van der Waals surface area (Å²) in [4.78, 5) is 24.7. The number of nitrogens with one attached hydrogen (secondary N) is 2. The van der Waals surface area contributed by atoms with Gasteiger partial charge in [0, 0.05) is 29.1 Å². The number of benzene rings is 2. The number of allylic oxidation sites excluding steroid dienone is 3. The molecule has 0 aromatic heterocycles. The highest BCUT2D eigenvalue weighted by Gasteiger charge is 2.40. The van der Waals surface area contributed by atoms with E-state index in [-0.39, 0.29) is 17.9 Å². The zero-order chi connectivity index (χ0) is 25.7. The Morgan fingerprint density at radius 1 is 1.06 bits per heavy atom. The molecule has 0 saturated heterocycles. The summed E-state index contributed by atoms with van der Waals surface area (Å²) in [6.07, 6.45) is 9.19. The fraction of sp³-hybridized carbons (Fsp3) is 0.379. The molecule has 0 heterocycles. The van der Waals surface area contributed by atoms with Crippen molar-refractivity contribution in [1.29, 1.82) is 0 Å². The number of alkyl carbamates (subject to hydrolysis) is 1. The predicted octanol–water partition coefficient (Wildman–Crippen LogP) is 5.43. The van der Waals surface area contributed by atoms with Crippen molar-refractivity contribution in [2.75, 3.05) is 11.9 Å². The second kappa shape index (κ2) is 11.1. The van der Waals surface area contributed by atoms with Crippen LogP contribution >= 0.6 is 0 Å². The van der Waals surface area contributed by atoms with E-state index in [2.05, 4.69) is 22.8 Å². The van der Waals surface area contributed by atoms with Gasteiger partial charge in [-0.05, 0) is 69.0 Å². The molecule has 190 valence electrons. The van der Waals surface area contributed by atoms with Gasteiger partial charge in [0.2, 0.25) is 0 Å². The summed E-state index contributed by atoms with van der Waals surface area (Å²) in [5.74, 6) is 0.398. The summed E-state index contributed by atoms with van der Waals surface area (Å²) >= 11 is 0. The Morgan fingerprint density at radius 3 is 2.42 bits per heavy atom. The smallest absolute Gasteiger partial charge is 0.407 e. The Bertz CT molecular complexity index is 1120. The van der Waals surface area contributed by atoms with Crippen LogP contribution in [0.25, 0.3) is 0 Å². The molecule has 0 radical (unpaired) electrons. The zero-order valence-electron chi connectivity index (χ0n) is 21.1. The molecule has 1 saturated carbocycles. The maximum absolute atomic E-state index is 12.7. The third-order valence-corrected chi connectivity index (χ3v) is 6.15. The summed E-state index contributed by atoms with van der Waals surface area (Å²) < 4.78 is 11.1. The molecule has 0 aliphatic heterocycles. The van der Waals surface area contributed by atoms with Crippen LogP contribution in [0.5, 0.6) is 0 Å². The van der Waals surface area contributed by atoms with Crippen molar-refractivity contribution >= 4 is 17.7 Å². The van der Waals surface area contributed by atoms with Crippen LogP contribution in [0.15, 0.2) is 72.8 Å². The minimum absolute atomic E-state index is 0.0742. The van der Waals surface area contributed by atoms with Gasteiger partial charge in [-0.15, -0.1) is 0 Å². The molecular formula is C29H35N3O4. The minimum atomic E-state index is -0.537. The summed E-state index contributed by atoms with van der Waals surface area (Å²) in [6, 6.07) is 14.9. The van der Waals surface area contributed by atoms with Gasteiger partial charge in [-0.3, -0.25) is 4.79 Å². The topological polar surface area (TPSA) is 103 Å². The van der Waals surface area contributed by atoms with Gasteiger partial charge < -0.3 is 25.8 Å². The largest absolute Gasteiger partial charge is 0.444 e. The molecule has 2 aromatic carbocycles. The molecule has 36 heavy (non-hydrogen) atoms. The highest BCUT2D eigenvalue weighted by Crippen LogP contribution is 2.41. The molecule has 1 fully saturated rings. The molecular weight excluding hydrogens is 454 g/mol. The SMILES string of the molecule is CC(C)(C)OC(=O)NC1CC1c1ccc(NC(=O)c2ccc(C(N)OC[C@@H]3C=CC=CC3)cc2)cc1. The van der Waals surface area contributed by atoms with Crippen LogP contribution in [-0.2, 0) is 9.47 Å². The molecule has 4 atom stereocenters. The number of carbonyl (C=O) groups is 2. The van der Waals surface area contributed by atoms with Crippen LogP contribution < -0.4 is 16.4 Å². The average molecular weight is 490 g/mol. The molecule has 0 bridgehead atoms. The van der Waals surface area contributed by atoms with E-state index in [0.717, 1.165) is 24.0 Å². The fourth-order valence-corrected chi connectivity index (χ4v) is 4.10. The van der Waals surface area contributed by atoms with Crippen molar-refractivity contribution in [2.45, 2.75) is 57.4 Å². The molecule has 0 spiro atoms. The van der Waals surface area contributed by atoms with E-state index in [1.807, 2.05) is 69.3 Å². The molecule has 7 heteroatoms. The zero-order valence-corrected chi connectivity index (χ0v) is 21.1. The number of anilines is 1. The lowest BCUT2D eigenvalue weighted by molar-refractivity contribution is 0.0413. The summed E-state index contributed by atoms with van der Waals surface area (Å²) in [6.45, 7) is 6.09. The average Bonchev–Trinajstić information content (AvgIpc) is 3.61. The first-order chi connectivity index (χ1) is 17.2. The van der Waals surface area contributed by atoms with Gasteiger partial charge in [0.15, 0.2) is 0 Å². The van der Waals surface area contributed by atoms with Gasteiger partial charge in [0.05, 0.1) is 6.61 Å². The van der Waals surface area contributed by atoms with Crippen molar-refractivity contribution in [3.8, 4) is 0 Å². The molecule has 2 aromatic rings. The third-order valence-electron chi connectivity index (χ3n) is 6.15. The molecule has 2 aliphatic rings. The van der Waals surface area contributed by atoms with Crippen LogP contribution in [0.2, 0.25) is 0 Å². The van der Waals surface area contributed by atoms with E-state index in [1.165, 1.54) is 0 Å². The van der Waals surface area contributed by atoms with Gasteiger partial charge in [-0.2, -0.15) is 0 Å². The van der Waals surface area contributed by atoms with Crippen LogP contribution in [0.3, 0.4) is 0 Å². The van der Waals surface area contributed by atoms with Crippen molar-refractivity contribution in [3.05, 3.63) is 89.5 Å². The van der Waals surface area contributed by atoms with Gasteiger partial charge in [0.25, 0.3) is 5.91 Å². The third kappa shape index (κ3) is 7.29. The number of hydrogen-bond donors (Lipinski definition) is 3. The molecule has 3 unspecified atom stereocenters. The Labute approximate surface area is 212 Å². The standard InChI is InChI=1S/C29H35N3O4/c1-29(2,3)36-28(34)32-25-17-24(25)20-13-15-23(16-14-20)31-27(33)22-11-9-21(10-12-22)26(30)35-18-19-7-5-4-6-8-19/h4-7,9-16,19,24-26H,8,17-18,30H2,1-3H3,(H,31,33)(H,32,34)/t19-,24?,25?,26?/m1/s1. The van der Waals surface area contributed by atoms with Crippen molar-refractivity contribution in [2.24, 2.45) is 11.7 Å². The second-order valence-corrected chi connectivity index (χ2v) is 10.4. The number of rotatable bonds is 8. The first-order valence-electron chi connectivity index (χ1n) is 12.4. The van der Waals surface area contributed by atoms with E-state index in [9.17, 15) is 9.59 Å². The van der Waals surface area contributed by atoms with E-state index >= 15 is 0 Å². The number of hydrogen-bond acceptors (Lipinski definition) is 5. The number of amides is 2. The van der Waals surface area contributed by atoms with Crippen LogP contribution in [0, 0.1) is 5.92 Å². The predicted molar refractivity (Wildman–Crippen MR) is 141 cm³/mol. The summed E-state index contributed by atoms with van der Waals surface area (Å²) in [5.41, 5.74) is 8.85. The molecule has 2 aliphatic carbocycles. The van der Waals surface area contributed by atoms with Crippen LogP contribution in [0.1, 0.15) is 67.2 Å². The number of nitrogens with two attached hydrogens (primary N) is 1. The van der Waals surface area contributed by atoms with Gasteiger partial charge >= 0.3 is 6.09 Å². The molecule has 4 N–H and O–H groups in total. The highest BCUT2D eigenvalue weighted by molar-refractivity contribution is 6.04. The monoisotopic (exact) mass is 489 g/mol. The maximum Gasteiger partial charge on any atom is 0.407 e. The van der Waals surface area contributed by atoms with E-state index < -0.39 is 17.9 Å². The van der Waals surface area contributed by atoms with Gasteiger partial charge in [-0.25, -0.2) is 4.79 Å². The fourth-order valence-electron chi connectivity index (χ4n) is 4.10. The lowest BCUT2D eigenvalue weighted by Gasteiger charge is -2.19. The Morgan fingerprint density at radius 2 is 1.78 bits per heavy atom. The van der Waals surface area contributed by atoms with Gasteiger partial charge in [0.1, 0.15) is 11.8 Å². The first kappa shape index (κ1) is 25.7. The van der Waals surface area contributed by atoms with Gasteiger partial charge in [-0.1, -0.05) is 48.6 Å². The lowest BCUT2D eigenvalue weighted by atomic mass is 10.0. The summed E-state index contributed by atoms with van der Waals surface area (Å²) in [5, 5.41) is 5.84. The van der Waals surface area contributed by atoms with Crippen molar-refractivity contribution in [3.63, 3.8) is 0 Å². The quantitative estimate of drug-likeness (QED) is 0.429. The second-order valence-electron chi connectivity index (χ2n) is 10.4. The highest BCUT2D eigenvalue weighted by atomic mass is 16.6. The van der Waals surface area contributed by atoms with Crippen molar-refractivity contribution in [1.82, 2.24) is 5.32 Å².